The van der Waals surface area contributed by atoms with Crippen LogP contribution in [0, 0.1) is 0 Å². The summed E-state index contributed by atoms with van der Waals surface area (Å²) in [4.78, 5) is 30.8. The number of amides is 1. The molecule has 0 aliphatic carbocycles. The van der Waals surface area contributed by atoms with Crippen molar-refractivity contribution in [3.63, 3.8) is 0 Å². The average Bonchev–Trinajstić information content (AvgIpc) is 3.38. The second-order valence-electron chi connectivity index (χ2n) is 7.05. The van der Waals surface area contributed by atoms with Gasteiger partial charge in [0.2, 0.25) is 0 Å². The molecule has 2 heterocycles. The molecule has 1 aliphatic rings. The van der Waals surface area contributed by atoms with Gasteiger partial charge in [0, 0.05) is 5.38 Å². The zero-order chi connectivity index (χ0) is 23.2. The molecule has 0 spiro atoms. The number of ether oxygens (including phenoxy) is 1. The first-order chi connectivity index (χ1) is 16.0. The smallest absolute Gasteiger partial charge is 0.326 e. The molecule has 1 aromatic heterocycles. The minimum Gasteiger partial charge on any atom is -0.465 e. The van der Waals surface area contributed by atoms with E-state index in [0.29, 0.717) is 14.9 Å². The number of nitrogens with zero attached hydrogens (tertiary/aromatic N) is 2. The number of rotatable bonds is 8. The van der Waals surface area contributed by atoms with Gasteiger partial charge in [0.15, 0.2) is 5.13 Å². The molecule has 9 heteroatoms. The van der Waals surface area contributed by atoms with Gasteiger partial charge in [0.25, 0.3) is 5.91 Å². The van der Waals surface area contributed by atoms with E-state index < -0.39 is 5.97 Å². The minimum absolute atomic E-state index is 0.0609. The van der Waals surface area contributed by atoms with Gasteiger partial charge in [-0.1, -0.05) is 84.6 Å². The highest BCUT2D eigenvalue weighted by Gasteiger charge is 2.34. The Morgan fingerprint density at radius 1 is 1.15 bits per heavy atom. The van der Waals surface area contributed by atoms with Gasteiger partial charge in [-0.2, -0.15) is 0 Å². The zero-order valence-electron chi connectivity index (χ0n) is 17.8. The number of esters is 1. The average molecular weight is 496 g/mol. The zero-order valence-corrected chi connectivity index (χ0v) is 20.2. The standard InChI is InChI=1S/C24H21N3O3S3/c1-2-30-20(28)14-27-22(29)19(33-24(27)31)13-18-15-32-23(25-18)26-21(16-9-5-3-6-10-16)17-11-7-4-8-12-17/h3-13,15,21H,2,14H2,1H3,(H,25,26). The number of benzene rings is 2. The van der Waals surface area contributed by atoms with E-state index in [9.17, 15) is 9.59 Å². The summed E-state index contributed by atoms with van der Waals surface area (Å²) in [6.07, 6.45) is 1.70. The van der Waals surface area contributed by atoms with Crippen molar-refractivity contribution < 1.29 is 14.3 Å². The monoisotopic (exact) mass is 495 g/mol. The summed E-state index contributed by atoms with van der Waals surface area (Å²) < 4.78 is 5.26. The largest absolute Gasteiger partial charge is 0.465 e. The SMILES string of the molecule is CCOC(=O)CN1C(=O)C(=Cc2csc(NC(c3ccccc3)c3ccccc3)n2)SC1=S. The fourth-order valence-electron chi connectivity index (χ4n) is 3.30. The van der Waals surface area contributed by atoms with E-state index in [0.717, 1.165) is 28.0 Å². The van der Waals surface area contributed by atoms with Gasteiger partial charge < -0.3 is 10.1 Å². The van der Waals surface area contributed by atoms with Crippen molar-refractivity contribution in [3.8, 4) is 0 Å². The molecule has 168 valence electrons. The Morgan fingerprint density at radius 3 is 2.39 bits per heavy atom. The van der Waals surface area contributed by atoms with E-state index in [1.807, 2.05) is 41.8 Å². The molecule has 3 aromatic rings. The molecule has 0 radical (unpaired) electrons. The Morgan fingerprint density at radius 2 is 1.79 bits per heavy atom. The van der Waals surface area contributed by atoms with Gasteiger partial charge >= 0.3 is 5.97 Å². The van der Waals surface area contributed by atoms with E-state index >= 15 is 0 Å². The molecular formula is C24H21N3O3S3. The van der Waals surface area contributed by atoms with Crippen LogP contribution in [-0.2, 0) is 14.3 Å². The maximum Gasteiger partial charge on any atom is 0.326 e. The molecule has 33 heavy (non-hydrogen) atoms. The van der Waals surface area contributed by atoms with Crippen LogP contribution in [-0.4, -0.2) is 39.2 Å². The number of aromatic nitrogens is 1. The number of thiazole rings is 1. The molecule has 1 aliphatic heterocycles. The lowest BCUT2D eigenvalue weighted by atomic mass is 9.99. The molecular weight excluding hydrogens is 474 g/mol. The highest BCUT2D eigenvalue weighted by Crippen LogP contribution is 2.34. The van der Waals surface area contributed by atoms with Gasteiger partial charge in [0.05, 0.1) is 23.2 Å². The normalized spacial score (nSPS) is 14.8. The van der Waals surface area contributed by atoms with E-state index in [1.165, 1.54) is 16.2 Å². The van der Waals surface area contributed by atoms with Gasteiger partial charge in [-0.3, -0.25) is 14.5 Å². The molecule has 0 saturated carbocycles. The molecule has 1 fully saturated rings. The number of thioether (sulfide) groups is 1. The van der Waals surface area contributed by atoms with Crippen LogP contribution < -0.4 is 5.32 Å². The number of nitrogens with one attached hydrogen (secondary N) is 1. The molecule has 1 saturated heterocycles. The lowest BCUT2D eigenvalue weighted by Gasteiger charge is -2.19. The summed E-state index contributed by atoms with van der Waals surface area (Å²) in [6, 6.07) is 20.3. The predicted octanol–water partition coefficient (Wildman–Crippen LogP) is 5.11. The summed E-state index contributed by atoms with van der Waals surface area (Å²) in [5.74, 6) is -0.796. The highest BCUT2D eigenvalue weighted by atomic mass is 32.2. The molecule has 6 nitrogen and oxygen atoms in total. The predicted molar refractivity (Wildman–Crippen MR) is 137 cm³/mol. The minimum atomic E-state index is -0.483. The third kappa shape index (κ3) is 5.68. The van der Waals surface area contributed by atoms with Crippen LogP contribution in [0.2, 0.25) is 0 Å². The van der Waals surface area contributed by atoms with Crippen molar-refractivity contribution in [2.75, 3.05) is 18.5 Å². The number of carbonyl (C=O) groups is 2. The number of hydrogen-bond acceptors (Lipinski definition) is 8. The molecule has 0 unspecified atom stereocenters. The maximum atomic E-state index is 12.7. The number of anilines is 1. The van der Waals surface area contributed by atoms with E-state index in [4.69, 9.17) is 17.0 Å². The van der Waals surface area contributed by atoms with Crippen molar-refractivity contribution >= 4 is 62.7 Å². The van der Waals surface area contributed by atoms with Crippen LogP contribution in [0.5, 0.6) is 0 Å². The van der Waals surface area contributed by atoms with Gasteiger partial charge in [0.1, 0.15) is 10.9 Å². The number of carbonyl (C=O) groups excluding carboxylic acids is 2. The Hall–Kier alpha value is -3.01. The lowest BCUT2D eigenvalue weighted by molar-refractivity contribution is -0.145. The van der Waals surface area contributed by atoms with E-state index in [2.05, 4.69) is 34.6 Å². The molecule has 2 aromatic carbocycles. The number of thiocarbonyl (C=S) groups is 1. The van der Waals surface area contributed by atoms with Gasteiger partial charge in [-0.05, 0) is 24.1 Å². The van der Waals surface area contributed by atoms with Crippen LogP contribution in [0.15, 0.2) is 70.9 Å². The van der Waals surface area contributed by atoms with Crippen LogP contribution in [0.25, 0.3) is 6.08 Å². The van der Waals surface area contributed by atoms with Crippen LogP contribution >= 0.6 is 35.3 Å². The topological polar surface area (TPSA) is 71.5 Å². The molecule has 4 rings (SSSR count). The summed E-state index contributed by atoms with van der Waals surface area (Å²) in [5, 5.41) is 6.13. The second-order valence-corrected chi connectivity index (χ2v) is 9.58. The fourth-order valence-corrected chi connectivity index (χ4v) is 5.24. The summed E-state index contributed by atoms with van der Waals surface area (Å²) in [5.41, 5.74) is 2.90. The summed E-state index contributed by atoms with van der Waals surface area (Å²) in [6.45, 7) is 1.79. The Balaban J connectivity index is 1.51. The highest BCUT2D eigenvalue weighted by molar-refractivity contribution is 8.26. The third-order valence-corrected chi connectivity index (χ3v) is 6.97. The third-order valence-electron chi connectivity index (χ3n) is 4.80. The quantitative estimate of drug-likeness (QED) is 0.265. The fraction of sp³-hybridized carbons (Fsp3) is 0.167. The Kier molecular flexibility index (Phi) is 7.54. The first-order valence-electron chi connectivity index (χ1n) is 10.3. The molecule has 1 amide bonds. The van der Waals surface area contributed by atoms with Crippen molar-refractivity contribution in [2.45, 2.75) is 13.0 Å². The van der Waals surface area contributed by atoms with Crippen molar-refractivity contribution in [1.82, 2.24) is 9.88 Å². The first-order valence-corrected chi connectivity index (χ1v) is 12.4. The lowest BCUT2D eigenvalue weighted by Crippen LogP contribution is -2.34. The van der Waals surface area contributed by atoms with Crippen molar-refractivity contribution in [1.29, 1.82) is 0 Å². The number of hydrogen-bond donors (Lipinski definition) is 1. The van der Waals surface area contributed by atoms with Crippen molar-refractivity contribution in [2.24, 2.45) is 0 Å². The molecule has 0 atom stereocenters. The molecule has 0 bridgehead atoms. The van der Waals surface area contributed by atoms with E-state index in [1.54, 1.807) is 13.0 Å². The summed E-state index contributed by atoms with van der Waals surface area (Å²) in [7, 11) is 0. The van der Waals surface area contributed by atoms with Gasteiger partial charge in [-0.25, -0.2) is 4.98 Å². The van der Waals surface area contributed by atoms with Crippen LogP contribution in [0.1, 0.15) is 29.8 Å². The van der Waals surface area contributed by atoms with E-state index in [-0.39, 0.29) is 25.1 Å². The van der Waals surface area contributed by atoms with Crippen molar-refractivity contribution in [3.05, 3.63) is 87.8 Å². The Labute approximate surface area is 205 Å². The second kappa shape index (κ2) is 10.7. The maximum absolute atomic E-state index is 12.7. The van der Waals surface area contributed by atoms with Crippen LogP contribution in [0.4, 0.5) is 5.13 Å². The van der Waals surface area contributed by atoms with Crippen LogP contribution in [0.3, 0.4) is 0 Å². The molecule has 1 N–H and O–H groups in total. The van der Waals surface area contributed by atoms with Gasteiger partial charge in [-0.15, -0.1) is 11.3 Å². The summed E-state index contributed by atoms with van der Waals surface area (Å²) >= 11 is 7.89. The first kappa shape index (κ1) is 23.2. The Bertz CT molecular complexity index is 1140.